The summed E-state index contributed by atoms with van der Waals surface area (Å²) >= 11 is 0. The summed E-state index contributed by atoms with van der Waals surface area (Å²) in [4.78, 5) is 0. The molecule has 0 fully saturated rings. The highest BCUT2D eigenvalue weighted by Gasteiger charge is 1.91. The van der Waals surface area contributed by atoms with Gasteiger partial charge in [-0.05, 0) is 0 Å². The molecule has 0 aromatic carbocycles. The molecule has 1 aromatic rings. The fraction of sp³-hybridized carbons (Fsp3) is 0.400. The van der Waals surface area contributed by atoms with Gasteiger partial charge in [0.15, 0.2) is 5.75 Å². The van der Waals surface area contributed by atoms with Gasteiger partial charge in [0.25, 0.3) is 0 Å². The Morgan fingerprint density at radius 1 is 1.70 bits per heavy atom. The maximum atomic E-state index is 8.76. The Bertz CT molecular complexity index is 189. The zero-order valence-electron chi connectivity index (χ0n) is 5.40. The van der Waals surface area contributed by atoms with E-state index < -0.39 is 0 Å². The molecule has 4 nitrogen and oxygen atoms in total. The van der Waals surface area contributed by atoms with Crippen LogP contribution in [0.5, 0.6) is 5.75 Å². The number of hydrogen-bond acceptors (Lipinski definition) is 3. The van der Waals surface area contributed by atoms with Crippen LogP contribution >= 0.6 is 12.4 Å². The fourth-order valence-corrected chi connectivity index (χ4v) is 0.607. The third kappa shape index (κ3) is 2.24. The van der Waals surface area contributed by atoms with Crippen molar-refractivity contribution in [1.82, 2.24) is 9.78 Å². The maximum absolute atomic E-state index is 8.76. The molecule has 0 radical (unpaired) electrons. The lowest BCUT2D eigenvalue weighted by Crippen LogP contribution is -2.09. The van der Waals surface area contributed by atoms with Crippen LogP contribution in [0.25, 0.3) is 0 Å². The van der Waals surface area contributed by atoms with E-state index in [0.717, 1.165) is 0 Å². The van der Waals surface area contributed by atoms with Gasteiger partial charge in [0.2, 0.25) is 0 Å². The molecule has 0 saturated heterocycles. The average molecular weight is 164 g/mol. The molecule has 0 atom stereocenters. The first kappa shape index (κ1) is 9.26. The van der Waals surface area contributed by atoms with Crippen molar-refractivity contribution in [2.24, 2.45) is 5.73 Å². The number of rotatable bonds is 2. The second-order valence-electron chi connectivity index (χ2n) is 1.75. The standard InChI is InChI=1S/C5H9N3O.ClH/c6-1-2-8-4-5(9)3-7-8;/h3-4,9H,1-2,6H2;1H. The highest BCUT2D eigenvalue weighted by atomic mass is 35.5. The molecule has 0 saturated carbocycles. The van der Waals surface area contributed by atoms with Crippen LogP contribution in [0.4, 0.5) is 0 Å². The van der Waals surface area contributed by atoms with Crippen molar-refractivity contribution in [2.45, 2.75) is 6.54 Å². The van der Waals surface area contributed by atoms with Crippen molar-refractivity contribution < 1.29 is 5.11 Å². The Morgan fingerprint density at radius 3 is 2.80 bits per heavy atom. The Kier molecular flexibility index (Phi) is 3.83. The first-order valence-electron chi connectivity index (χ1n) is 2.74. The Balaban J connectivity index is 0.000000810. The number of nitrogens with two attached hydrogens (primary N) is 1. The van der Waals surface area contributed by atoms with Crippen LogP contribution < -0.4 is 5.73 Å². The van der Waals surface area contributed by atoms with E-state index in [1.165, 1.54) is 12.4 Å². The smallest absolute Gasteiger partial charge is 0.153 e. The van der Waals surface area contributed by atoms with Gasteiger partial charge < -0.3 is 10.8 Å². The molecule has 0 aliphatic heterocycles. The molecule has 0 bridgehead atoms. The van der Waals surface area contributed by atoms with E-state index >= 15 is 0 Å². The normalized spacial score (nSPS) is 8.90. The van der Waals surface area contributed by atoms with Gasteiger partial charge in [0.1, 0.15) is 0 Å². The molecule has 10 heavy (non-hydrogen) atoms. The molecule has 5 heteroatoms. The van der Waals surface area contributed by atoms with E-state index in [9.17, 15) is 0 Å². The number of aromatic nitrogens is 2. The highest BCUT2D eigenvalue weighted by molar-refractivity contribution is 5.85. The van der Waals surface area contributed by atoms with Crippen LogP contribution in [0, 0.1) is 0 Å². The van der Waals surface area contributed by atoms with E-state index in [4.69, 9.17) is 10.8 Å². The van der Waals surface area contributed by atoms with Gasteiger partial charge in [-0.2, -0.15) is 5.10 Å². The zero-order valence-corrected chi connectivity index (χ0v) is 6.21. The molecule has 58 valence electrons. The number of hydrogen-bond donors (Lipinski definition) is 2. The quantitative estimate of drug-likeness (QED) is 0.644. The fourth-order valence-electron chi connectivity index (χ4n) is 0.607. The van der Waals surface area contributed by atoms with E-state index in [-0.39, 0.29) is 18.2 Å². The lowest BCUT2D eigenvalue weighted by Gasteiger charge is -1.93. The molecular formula is C5H10ClN3O. The van der Waals surface area contributed by atoms with E-state index in [2.05, 4.69) is 5.10 Å². The van der Waals surface area contributed by atoms with E-state index in [1.54, 1.807) is 4.68 Å². The molecule has 0 aliphatic carbocycles. The minimum absolute atomic E-state index is 0. The molecule has 1 heterocycles. The number of halogens is 1. The summed E-state index contributed by atoms with van der Waals surface area (Å²) in [7, 11) is 0. The van der Waals surface area contributed by atoms with Gasteiger partial charge in [-0.15, -0.1) is 12.4 Å². The lowest BCUT2D eigenvalue weighted by atomic mass is 10.6. The van der Waals surface area contributed by atoms with Crippen LogP contribution in [0.3, 0.4) is 0 Å². The van der Waals surface area contributed by atoms with Crippen LogP contribution in [-0.2, 0) is 6.54 Å². The van der Waals surface area contributed by atoms with Crippen LogP contribution in [0.15, 0.2) is 12.4 Å². The van der Waals surface area contributed by atoms with Gasteiger partial charge in [-0.3, -0.25) is 4.68 Å². The Hall–Kier alpha value is -0.740. The minimum Gasteiger partial charge on any atom is -0.505 e. The predicted molar refractivity (Wildman–Crippen MR) is 40.2 cm³/mol. The van der Waals surface area contributed by atoms with Crippen molar-refractivity contribution in [2.75, 3.05) is 6.54 Å². The summed E-state index contributed by atoms with van der Waals surface area (Å²) in [5.74, 6) is 0.184. The molecule has 3 N–H and O–H groups in total. The van der Waals surface area contributed by atoms with Gasteiger partial charge in [-0.1, -0.05) is 0 Å². The summed E-state index contributed by atoms with van der Waals surface area (Å²) in [6.45, 7) is 1.20. The highest BCUT2D eigenvalue weighted by Crippen LogP contribution is 2.02. The van der Waals surface area contributed by atoms with Gasteiger partial charge in [-0.25, -0.2) is 0 Å². The van der Waals surface area contributed by atoms with Gasteiger partial charge >= 0.3 is 0 Å². The monoisotopic (exact) mass is 163 g/mol. The summed E-state index contributed by atoms with van der Waals surface area (Å²) in [6, 6.07) is 0. The van der Waals surface area contributed by atoms with Crippen LogP contribution in [0.2, 0.25) is 0 Å². The Labute approximate surface area is 65.1 Å². The predicted octanol–water partition coefficient (Wildman–Crippen LogP) is -0.0308. The SMILES string of the molecule is Cl.NCCn1cc(O)cn1. The minimum atomic E-state index is 0. The van der Waals surface area contributed by atoms with Crippen LogP contribution in [-0.4, -0.2) is 21.4 Å². The molecule has 0 amide bonds. The Morgan fingerprint density at radius 2 is 2.40 bits per heavy atom. The summed E-state index contributed by atoms with van der Waals surface area (Å²) in [6.07, 6.45) is 2.92. The molecule has 0 aliphatic rings. The van der Waals surface area contributed by atoms with Crippen molar-refractivity contribution in [1.29, 1.82) is 0 Å². The third-order valence-electron chi connectivity index (χ3n) is 0.978. The lowest BCUT2D eigenvalue weighted by molar-refractivity contribution is 0.473. The van der Waals surface area contributed by atoms with Crippen molar-refractivity contribution in [3.8, 4) is 5.75 Å². The van der Waals surface area contributed by atoms with Crippen molar-refractivity contribution in [3.63, 3.8) is 0 Å². The van der Waals surface area contributed by atoms with Crippen molar-refractivity contribution in [3.05, 3.63) is 12.4 Å². The second-order valence-corrected chi connectivity index (χ2v) is 1.75. The van der Waals surface area contributed by atoms with Crippen molar-refractivity contribution >= 4 is 12.4 Å². The number of aromatic hydroxyl groups is 1. The van der Waals surface area contributed by atoms with Gasteiger partial charge in [0, 0.05) is 6.54 Å². The summed E-state index contributed by atoms with van der Waals surface area (Å²) in [5, 5.41) is 12.5. The molecule has 0 unspecified atom stereocenters. The summed E-state index contributed by atoms with van der Waals surface area (Å²) < 4.78 is 1.59. The van der Waals surface area contributed by atoms with E-state index in [1.807, 2.05) is 0 Å². The average Bonchev–Trinajstić information content (AvgIpc) is 2.17. The zero-order chi connectivity index (χ0) is 6.69. The largest absolute Gasteiger partial charge is 0.505 e. The first-order chi connectivity index (χ1) is 4.33. The van der Waals surface area contributed by atoms with Gasteiger partial charge in [0.05, 0.1) is 18.9 Å². The molecule has 1 rings (SSSR count). The second kappa shape index (κ2) is 4.14. The van der Waals surface area contributed by atoms with E-state index in [0.29, 0.717) is 13.1 Å². The molecular weight excluding hydrogens is 154 g/mol. The third-order valence-corrected chi connectivity index (χ3v) is 0.978. The maximum Gasteiger partial charge on any atom is 0.153 e. The van der Waals surface area contributed by atoms with Crippen LogP contribution in [0.1, 0.15) is 0 Å². The summed E-state index contributed by atoms with van der Waals surface area (Å²) in [5.41, 5.74) is 5.23. The topological polar surface area (TPSA) is 64.1 Å². The molecule has 0 spiro atoms. The first-order valence-corrected chi connectivity index (χ1v) is 2.74. The number of nitrogens with zero attached hydrogens (tertiary/aromatic N) is 2. The molecule has 1 aromatic heterocycles.